The van der Waals surface area contributed by atoms with Crippen molar-refractivity contribution in [3.05, 3.63) is 27.8 Å². The summed E-state index contributed by atoms with van der Waals surface area (Å²) in [5.41, 5.74) is -0.353. The van der Waals surface area contributed by atoms with Gasteiger partial charge < -0.3 is 14.6 Å². The van der Waals surface area contributed by atoms with Crippen LogP contribution in [0.5, 0.6) is 11.5 Å². The minimum Gasteiger partial charge on any atom is -0.493 e. The van der Waals surface area contributed by atoms with E-state index in [1.54, 1.807) is 0 Å². The second-order valence-corrected chi connectivity index (χ2v) is 4.42. The van der Waals surface area contributed by atoms with Crippen molar-refractivity contribution >= 4 is 12.0 Å². The van der Waals surface area contributed by atoms with E-state index in [4.69, 9.17) is 14.6 Å². The van der Waals surface area contributed by atoms with Crippen LogP contribution in [0.25, 0.3) is 0 Å². The number of nitro benzene ring substituents is 1. The van der Waals surface area contributed by atoms with E-state index in [-0.39, 0.29) is 29.4 Å². The van der Waals surface area contributed by atoms with Crippen molar-refractivity contribution in [2.45, 2.75) is 25.7 Å². The van der Waals surface area contributed by atoms with Crippen LogP contribution in [0.15, 0.2) is 12.1 Å². The molecule has 116 valence electrons. The minimum atomic E-state index is -0.628. The molecule has 0 heterocycles. The summed E-state index contributed by atoms with van der Waals surface area (Å²) < 4.78 is 10.6. The van der Waals surface area contributed by atoms with Crippen LogP contribution in [-0.4, -0.2) is 36.6 Å². The Labute approximate surface area is 122 Å². The number of aldehydes is 1. The van der Waals surface area contributed by atoms with E-state index < -0.39 is 4.92 Å². The summed E-state index contributed by atoms with van der Waals surface area (Å²) in [6, 6.07) is 2.50. The lowest BCUT2D eigenvalue weighted by atomic mass is 10.1. The Kier molecular flexibility index (Phi) is 7.17. The molecule has 0 aliphatic rings. The molecule has 7 heteroatoms. The van der Waals surface area contributed by atoms with Gasteiger partial charge in [-0.3, -0.25) is 14.9 Å². The Balaban J connectivity index is 2.73. The maximum atomic E-state index is 10.9. The van der Waals surface area contributed by atoms with Crippen LogP contribution < -0.4 is 9.47 Å². The lowest BCUT2D eigenvalue weighted by molar-refractivity contribution is -0.385. The number of carbonyl (C=O) groups excluding carboxylic acids is 1. The number of ether oxygens (including phenoxy) is 2. The third-order valence-electron chi connectivity index (χ3n) is 2.95. The lowest BCUT2D eigenvalue weighted by Crippen LogP contribution is -2.02. The largest absolute Gasteiger partial charge is 0.493 e. The summed E-state index contributed by atoms with van der Waals surface area (Å²) in [5, 5.41) is 19.6. The van der Waals surface area contributed by atoms with Crippen LogP contribution in [0.4, 0.5) is 5.69 Å². The maximum absolute atomic E-state index is 10.9. The number of methoxy groups -OCH3 is 1. The van der Waals surface area contributed by atoms with Gasteiger partial charge in [0.1, 0.15) is 0 Å². The predicted molar refractivity (Wildman–Crippen MR) is 76.1 cm³/mol. The molecule has 0 unspecified atom stereocenters. The van der Waals surface area contributed by atoms with E-state index in [1.807, 2.05) is 0 Å². The van der Waals surface area contributed by atoms with Crippen molar-refractivity contribution < 1.29 is 24.3 Å². The molecular weight excluding hydrogens is 278 g/mol. The fourth-order valence-corrected chi connectivity index (χ4v) is 1.84. The molecule has 1 rings (SSSR count). The molecule has 0 fully saturated rings. The SMILES string of the molecule is COc1cc(C=O)c([N+](=O)[O-])cc1OCCCCCCO. The first-order valence-electron chi connectivity index (χ1n) is 6.69. The van der Waals surface area contributed by atoms with Crippen molar-refractivity contribution in [3.8, 4) is 11.5 Å². The van der Waals surface area contributed by atoms with Gasteiger partial charge in [0.05, 0.1) is 30.3 Å². The number of nitro groups is 1. The average molecular weight is 297 g/mol. The van der Waals surface area contributed by atoms with Gasteiger partial charge >= 0.3 is 0 Å². The summed E-state index contributed by atoms with van der Waals surface area (Å²) in [6.07, 6.45) is 3.74. The van der Waals surface area contributed by atoms with Crippen molar-refractivity contribution in [3.63, 3.8) is 0 Å². The van der Waals surface area contributed by atoms with Gasteiger partial charge in [0, 0.05) is 12.7 Å². The van der Waals surface area contributed by atoms with Gasteiger partial charge in [0.15, 0.2) is 17.8 Å². The monoisotopic (exact) mass is 297 g/mol. The molecule has 0 atom stereocenters. The molecule has 1 aromatic rings. The van der Waals surface area contributed by atoms with E-state index in [2.05, 4.69) is 0 Å². The van der Waals surface area contributed by atoms with Crippen LogP contribution >= 0.6 is 0 Å². The smallest absolute Gasteiger partial charge is 0.283 e. The number of rotatable bonds is 10. The second kappa shape index (κ2) is 8.91. The van der Waals surface area contributed by atoms with Crippen LogP contribution in [0, 0.1) is 10.1 Å². The first kappa shape index (κ1) is 16.9. The van der Waals surface area contributed by atoms with Gasteiger partial charge in [-0.15, -0.1) is 0 Å². The topological polar surface area (TPSA) is 98.9 Å². The molecule has 1 aromatic carbocycles. The average Bonchev–Trinajstić information content (AvgIpc) is 2.49. The zero-order valence-electron chi connectivity index (χ0n) is 11.9. The Morgan fingerprint density at radius 3 is 2.52 bits per heavy atom. The van der Waals surface area contributed by atoms with E-state index in [0.29, 0.717) is 12.9 Å². The van der Waals surface area contributed by atoms with E-state index in [1.165, 1.54) is 19.2 Å². The Hall–Kier alpha value is -2.15. The van der Waals surface area contributed by atoms with E-state index in [0.717, 1.165) is 25.7 Å². The number of benzene rings is 1. The molecule has 0 aliphatic heterocycles. The van der Waals surface area contributed by atoms with Crippen molar-refractivity contribution in [2.24, 2.45) is 0 Å². The summed E-state index contributed by atoms with van der Waals surface area (Å²) in [6.45, 7) is 0.563. The summed E-state index contributed by atoms with van der Waals surface area (Å²) >= 11 is 0. The number of nitrogens with zero attached hydrogens (tertiary/aromatic N) is 1. The molecular formula is C14H19NO6. The molecule has 0 saturated heterocycles. The van der Waals surface area contributed by atoms with E-state index >= 15 is 0 Å². The minimum absolute atomic E-state index is 0.0489. The van der Waals surface area contributed by atoms with Gasteiger partial charge in [-0.2, -0.15) is 0 Å². The molecule has 0 bridgehead atoms. The fraction of sp³-hybridized carbons (Fsp3) is 0.500. The standard InChI is InChI=1S/C14H19NO6/c1-20-13-8-11(10-17)12(15(18)19)9-14(13)21-7-5-3-2-4-6-16/h8-10,16H,2-7H2,1H3. The van der Waals surface area contributed by atoms with Crippen molar-refractivity contribution in [1.29, 1.82) is 0 Å². The summed E-state index contributed by atoms with van der Waals surface area (Å²) in [4.78, 5) is 21.1. The van der Waals surface area contributed by atoms with Crippen molar-refractivity contribution in [1.82, 2.24) is 0 Å². The highest BCUT2D eigenvalue weighted by molar-refractivity contribution is 5.83. The number of hydrogen-bond donors (Lipinski definition) is 1. The van der Waals surface area contributed by atoms with Crippen molar-refractivity contribution in [2.75, 3.05) is 20.3 Å². The molecule has 21 heavy (non-hydrogen) atoms. The molecule has 0 aliphatic carbocycles. The molecule has 1 N–H and O–H groups in total. The Bertz CT molecular complexity index is 489. The number of aliphatic hydroxyl groups is 1. The maximum Gasteiger partial charge on any atom is 0.283 e. The molecule has 0 amide bonds. The molecule has 0 radical (unpaired) electrons. The quantitative estimate of drug-likeness (QED) is 0.308. The second-order valence-electron chi connectivity index (χ2n) is 4.42. The summed E-state index contributed by atoms with van der Waals surface area (Å²) in [7, 11) is 1.41. The molecule has 0 aromatic heterocycles. The Morgan fingerprint density at radius 2 is 1.95 bits per heavy atom. The lowest BCUT2D eigenvalue weighted by Gasteiger charge is -2.11. The van der Waals surface area contributed by atoms with Gasteiger partial charge in [0.2, 0.25) is 0 Å². The first-order chi connectivity index (χ1) is 10.1. The van der Waals surface area contributed by atoms with Gasteiger partial charge in [-0.05, 0) is 19.3 Å². The Morgan fingerprint density at radius 1 is 1.24 bits per heavy atom. The number of hydrogen-bond acceptors (Lipinski definition) is 6. The molecule has 7 nitrogen and oxygen atoms in total. The van der Waals surface area contributed by atoms with Crippen LogP contribution in [0.3, 0.4) is 0 Å². The first-order valence-corrected chi connectivity index (χ1v) is 6.69. The zero-order valence-corrected chi connectivity index (χ0v) is 11.9. The van der Waals surface area contributed by atoms with Gasteiger partial charge in [0.25, 0.3) is 5.69 Å². The summed E-state index contributed by atoms with van der Waals surface area (Å²) in [5.74, 6) is 0.537. The highest BCUT2D eigenvalue weighted by Gasteiger charge is 2.19. The van der Waals surface area contributed by atoms with Gasteiger partial charge in [-0.1, -0.05) is 6.42 Å². The number of unbranched alkanes of at least 4 members (excludes halogenated alkanes) is 3. The van der Waals surface area contributed by atoms with Gasteiger partial charge in [-0.25, -0.2) is 0 Å². The van der Waals surface area contributed by atoms with Crippen LogP contribution in [0.1, 0.15) is 36.0 Å². The van der Waals surface area contributed by atoms with Crippen LogP contribution in [0.2, 0.25) is 0 Å². The molecule has 0 saturated carbocycles. The zero-order chi connectivity index (χ0) is 15.7. The highest BCUT2D eigenvalue weighted by atomic mass is 16.6. The number of aliphatic hydroxyl groups excluding tert-OH is 1. The molecule has 0 spiro atoms. The van der Waals surface area contributed by atoms with E-state index in [9.17, 15) is 14.9 Å². The normalized spacial score (nSPS) is 10.2. The number of carbonyl (C=O) groups is 1. The third-order valence-corrected chi connectivity index (χ3v) is 2.95. The van der Waals surface area contributed by atoms with Crippen LogP contribution in [-0.2, 0) is 0 Å². The predicted octanol–water partition coefficient (Wildman–Crippen LogP) is 2.35. The highest BCUT2D eigenvalue weighted by Crippen LogP contribution is 2.34. The fourth-order valence-electron chi connectivity index (χ4n) is 1.84. The third kappa shape index (κ3) is 5.03.